The average molecular weight is 767 g/mol. The molecule has 0 unspecified atom stereocenters. The number of nitrogens with zero attached hydrogens (tertiary/aromatic N) is 4. The number of aromatic nitrogens is 4. The molecule has 0 spiro atoms. The molecule has 8 aromatic carbocycles. The van der Waals surface area contributed by atoms with Crippen LogP contribution in [0.25, 0.3) is 117 Å². The smallest absolute Gasteiger partial charge is 0.161 e. The van der Waals surface area contributed by atoms with Crippen molar-refractivity contribution in [2.45, 2.75) is 0 Å². The molecule has 4 heterocycles. The van der Waals surface area contributed by atoms with E-state index in [2.05, 4.69) is 168 Å². The number of hydrogen-bond acceptors (Lipinski definition) is 4. The van der Waals surface area contributed by atoms with Crippen LogP contribution in [0.3, 0.4) is 0 Å². The summed E-state index contributed by atoms with van der Waals surface area (Å²) in [5, 5.41) is 5.43. The molecule has 0 saturated carbocycles. The fourth-order valence-corrected chi connectivity index (χ4v) is 8.73. The molecule has 280 valence electrons. The number of pyridine rings is 1. The molecule has 0 atom stereocenters. The highest BCUT2D eigenvalue weighted by Gasteiger charge is 2.25. The van der Waals surface area contributed by atoms with Gasteiger partial charge in [-0.25, -0.2) is 15.0 Å². The zero-order valence-electron chi connectivity index (χ0n) is 32.3. The van der Waals surface area contributed by atoms with Crippen LogP contribution in [0.4, 0.5) is 0 Å². The number of fused-ring (bicyclic) bond motifs is 8. The van der Waals surface area contributed by atoms with Crippen LogP contribution in [-0.4, -0.2) is 19.5 Å². The summed E-state index contributed by atoms with van der Waals surface area (Å²) in [5.74, 6) is 0.704. The molecule has 60 heavy (non-hydrogen) atoms. The monoisotopic (exact) mass is 766 g/mol. The first kappa shape index (κ1) is 33.9. The Morgan fingerprint density at radius 3 is 1.67 bits per heavy atom. The van der Waals surface area contributed by atoms with Gasteiger partial charge >= 0.3 is 0 Å². The van der Waals surface area contributed by atoms with Gasteiger partial charge in [0.05, 0.1) is 39.2 Å². The van der Waals surface area contributed by atoms with Crippen molar-refractivity contribution < 1.29 is 4.42 Å². The SMILES string of the molecule is c1ccc(-c2cc(-c3ccc(-c4ccc(-c5nc6ccccc6c6oc7c8ccccc8n(-c8cccc9ccccc89)c7c56)cc4)cc3)nc(-c3ccccc3)n2)cc1. The van der Waals surface area contributed by atoms with Gasteiger partial charge in [-0.3, -0.25) is 0 Å². The third-order valence-electron chi connectivity index (χ3n) is 11.6. The van der Waals surface area contributed by atoms with E-state index < -0.39 is 0 Å². The van der Waals surface area contributed by atoms with E-state index in [-0.39, 0.29) is 0 Å². The lowest BCUT2D eigenvalue weighted by atomic mass is 9.98. The third kappa shape index (κ3) is 5.52. The Bertz CT molecular complexity index is 3510. The standard InChI is InChI=1S/C55H34N4O/c1-3-15-38(16-4-1)46-34-47(58-55(57-46)41-17-5-2-6-18-41)39-30-26-35(27-31-39)36-28-32-40(33-29-36)51-50-52-54(60-53(50)43-21-9-11-23-45(43)56-51)44-22-10-12-24-49(44)59(52)48-25-13-19-37-14-7-8-20-42(37)48/h1-34H. The van der Waals surface area contributed by atoms with Crippen LogP contribution >= 0.6 is 0 Å². The summed E-state index contributed by atoms with van der Waals surface area (Å²) < 4.78 is 9.36. The highest BCUT2D eigenvalue weighted by atomic mass is 16.3. The van der Waals surface area contributed by atoms with E-state index in [1.807, 2.05) is 42.5 Å². The molecular weight excluding hydrogens is 733 g/mol. The highest BCUT2D eigenvalue weighted by molar-refractivity contribution is 6.24. The fourth-order valence-electron chi connectivity index (χ4n) is 8.73. The summed E-state index contributed by atoms with van der Waals surface area (Å²) in [6.07, 6.45) is 0. The zero-order valence-corrected chi connectivity index (χ0v) is 32.3. The highest BCUT2D eigenvalue weighted by Crippen LogP contribution is 2.45. The molecule has 0 aliphatic heterocycles. The first-order valence-corrected chi connectivity index (χ1v) is 20.2. The van der Waals surface area contributed by atoms with Crippen LogP contribution in [0.5, 0.6) is 0 Å². The number of para-hydroxylation sites is 2. The van der Waals surface area contributed by atoms with Gasteiger partial charge in [0, 0.05) is 38.4 Å². The minimum absolute atomic E-state index is 0.704. The molecule has 5 nitrogen and oxygen atoms in total. The number of rotatable bonds is 6. The van der Waals surface area contributed by atoms with E-state index in [0.29, 0.717) is 5.82 Å². The fraction of sp³-hybridized carbons (Fsp3) is 0. The maximum Gasteiger partial charge on any atom is 0.161 e. The normalized spacial score (nSPS) is 11.7. The average Bonchev–Trinajstić information content (AvgIpc) is 3.87. The Balaban J connectivity index is 0.983. The first-order chi connectivity index (χ1) is 29.7. The van der Waals surface area contributed by atoms with Crippen LogP contribution in [0.2, 0.25) is 0 Å². The van der Waals surface area contributed by atoms with Gasteiger partial charge in [-0.2, -0.15) is 0 Å². The van der Waals surface area contributed by atoms with Crippen LogP contribution in [0, 0.1) is 0 Å². The van der Waals surface area contributed by atoms with Crippen molar-refractivity contribution in [1.29, 1.82) is 0 Å². The summed E-state index contributed by atoms with van der Waals surface area (Å²) in [5.41, 5.74) is 14.8. The lowest BCUT2D eigenvalue weighted by molar-refractivity contribution is 0.676. The predicted octanol–water partition coefficient (Wildman–Crippen LogP) is 14.4. The maximum atomic E-state index is 6.99. The summed E-state index contributed by atoms with van der Waals surface area (Å²) >= 11 is 0. The largest absolute Gasteiger partial charge is 0.453 e. The van der Waals surface area contributed by atoms with E-state index >= 15 is 0 Å². The molecule has 12 rings (SSSR count). The number of benzene rings is 8. The van der Waals surface area contributed by atoms with Crippen molar-refractivity contribution >= 4 is 54.6 Å². The van der Waals surface area contributed by atoms with E-state index in [9.17, 15) is 0 Å². The Morgan fingerprint density at radius 2 is 0.933 bits per heavy atom. The van der Waals surface area contributed by atoms with Gasteiger partial charge < -0.3 is 8.98 Å². The maximum absolute atomic E-state index is 6.99. The second kappa shape index (κ2) is 13.8. The van der Waals surface area contributed by atoms with E-state index in [1.165, 1.54) is 10.8 Å². The Hall–Kier alpha value is -8.15. The van der Waals surface area contributed by atoms with Crippen LogP contribution < -0.4 is 0 Å². The summed E-state index contributed by atoms with van der Waals surface area (Å²) in [7, 11) is 0. The molecule has 0 radical (unpaired) electrons. The topological polar surface area (TPSA) is 56.7 Å². The molecule has 0 bridgehead atoms. The summed E-state index contributed by atoms with van der Waals surface area (Å²) in [4.78, 5) is 15.4. The molecule has 0 aliphatic rings. The minimum atomic E-state index is 0.704. The lowest BCUT2D eigenvalue weighted by Gasteiger charge is -2.13. The molecule has 0 N–H and O–H groups in total. The second-order valence-electron chi connectivity index (χ2n) is 15.2. The van der Waals surface area contributed by atoms with E-state index in [1.54, 1.807) is 0 Å². The predicted molar refractivity (Wildman–Crippen MR) is 246 cm³/mol. The third-order valence-corrected chi connectivity index (χ3v) is 11.6. The van der Waals surface area contributed by atoms with Crippen molar-refractivity contribution in [2.75, 3.05) is 0 Å². The molecule has 0 saturated heterocycles. The lowest BCUT2D eigenvalue weighted by Crippen LogP contribution is -1.96. The van der Waals surface area contributed by atoms with Gasteiger partial charge in [0.2, 0.25) is 0 Å². The molecule has 12 aromatic rings. The van der Waals surface area contributed by atoms with E-state index in [0.717, 1.165) is 100 Å². The molecule has 0 amide bonds. The van der Waals surface area contributed by atoms with Gasteiger partial charge in [-0.15, -0.1) is 0 Å². The number of hydrogen-bond donors (Lipinski definition) is 0. The first-order valence-electron chi connectivity index (χ1n) is 20.2. The van der Waals surface area contributed by atoms with Crippen molar-refractivity contribution in [1.82, 2.24) is 19.5 Å². The molecule has 4 aromatic heterocycles. The van der Waals surface area contributed by atoms with Crippen molar-refractivity contribution in [3.05, 3.63) is 206 Å². The van der Waals surface area contributed by atoms with Gasteiger partial charge in [0.1, 0.15) is 11.1 Å². The van der Waals surface area contributed by atoms with Crippen molar-refractivity contribution in [3.8, 4) is 62.0 Å². The zero-order chi connectivity index (χ0) is 39.6. The quantitative estimate of drug-likeness (QED) is 0.169. The van der Waals surface area contributed by atoms with Gasteiger partial charge in [0.15, 0.2) is 11.4 Å². The van der Waals surface area contributed by atoms with Gasteiger partial charge in [0.25, 0.3) is 0 Å². The van der Waals surface area contributed by atoms with Crippen LogP contribution in [0.1, 0.15) is 0 Å². The molecular formula is C55H34N4O. The Morgan fingerprint density at radius 1 is 0.383 bits per heavy atom. The van der Waals surface area contributed by atoms with Crippen LogP contribution in [-0.2, 0) is 0 Å². The van der Waals surface area contributed by atoms with Crippen molar-refractivity contribution in [2.24, 2.45) is 0 Å². The van der Waals surface area contributed by atoms with Crippen molar-refractivity contribution in [3.63, 3.8) is 0 Å². The minimum Gasteiger partial charge on any atom is -0.453 e. The number of furan rings is 1. The molecule has 5 heteroatoms. The Labute approximate surface area is 345 Å². The van der Waals surface area contributed by atoms with Crippen LogP contribution in [0.15, 0.2) is 211 Å². The summed E-state index contributed by atoms with van der Waals surface area (Å²) in [6.45, 7) is 0. The van der Waals surface area contributed by atoms with Gasteiger partial charge in [-0.05, 0) is 52.9 Å². The Kier molecular flexibility index (Phi) is 7.78. The molecule has 0 aliphatic carbocycles. The second-order valence-corrected chi connectivity index (χ2v) is 15.2. The molecule has 0 fully saturated rings. The van der Waals surface area contributed by atoms with E-state index in [4.69, 9.17) is 19.4 Å². The summed E-state index contributed by atoms with van der Waals surface area (Å²) in [6, 6.07) is 71.8. The van der Waals surface area contributed by atoms with Gasteiger partial charge in [-0.1, -0.05) is 170 Å².